The van der Waals surface area contributed by atoms with Gasteiger partial charge < -0.3 is 19.5 Å². The molecular weight excluding hydrogens is 306 g/mol. The Balaban J connectivity index is 1.64. The summed E-state index contributed by atoms with van der Waals surface area (Å²) in [5.41, 5.74) is 1.74. The molecular formula is C19H21NO4. The van der Waals surface area contributed by atoms with Gasteiger partial charge in [0.25, 0.3) is 5.91 Å². The third kappa shape index (κ3) is 3.98. The summed E-state index contributed by atoms with van der Waals surface area (Å²) in [6.07, 6.45) is 0.236. The van der Waals surface area contributed by atoms with Crippen LogP contribution in [-0.4, -0.2) is 25.2 Å². The molecule has 2 aromatic carbocycles. The molecule has 5 heteroatoms. The Labute approximate surface area is 141 Å². The molecule has 0 saturated carbocycles. The summed E-state index contributed by atoms with van der Waals surface area (Å²) in [5, 5.41) is 2.85. The molecule has 0 fully saturated rings. The second-order valence-electron chi connectivity index (χ2n) is 5.78. The van der Waals surface area contributed by atoms with Gasteiger partial charge in [0, 0.05) is 18.2 Å². The largest absolute Gasteiger partial charge is 0.490 e. The van der Waals surface area contributed by atoms with Crippen LogP contribution in [0.3, 0.4) is 0 Å². The third-order valence-electron chi connectivity index (χ3n) is 3.69. The van der Waals surface area contributed by atoms with Gasteiger partial charge in [0.2, 0.25) is 0 Å². The van der Waals surface area contributed by atoms with Crippen molar-refractivity contribution in [1.82, 2.24) is 0 Å². The van der Waals surface area contributed by atoms with Crippen LogP contribution in [0.15, 0.2) is 42.5 Å². The first-order chi connectivity index (χ1) is 11.6. The first-order valence-electron chi connectivity index (χ1n) is 8.05. The molecule has 2 aromatic rings. The van der Waals surface area contributed by atoms with Crippen LogP contribution in [0.4, 0.5) is 5.69 Å². The van der Waals surface area contributed by atoms with Gasteiger partial charge in [-0.15, -0.1) is 0 Å². The topological polar surface area (TPSA) is 56.8 Å². The third-order valence-corrected chi connectivity index (χ3v) is 3.69. The minimum absolute atomic E-state index is 0.217. The zero-order valence-electron chi connectivity index (χ0n) is 13.9. The Morgan fingerprint density at radius 1 is 1.12 bits per heavy atom. The Morgan fingerprint density at radius 2 is 1.92 bits per heavy atom. The number of amides is 1. The van der Waals surface area contributed by atoms with Crippen LogP contribution in [0, 0.1) is 6.92 Å². The molecule has 5 nitrogen and oxygen atoms in total. The highest BCUT2D eigenvalue weighted by Gasteiger charge is 2.17. The molecule has 0 aliphatic carbocycles. The summed E-state index contributed by atoms with van der Waals surface area (Å²) in [6.45, 7) is 4.95. The van der Waals surface area contributed by atoms with Gasteiger partial charge in [0.1, 0.15) is 5.75 Å². The molecule has 1 amide bonds. The van der Waals surface area contributed by atoms with Gasteiger partial charge in [0.15, 0.2) is 17.6 Å². The van der Waals surface area contributed by atoms with E-state index in [1.807, 2.05) is 37.3 Å². The molecule has 0 bridgehead atoms. The molecule has 0 unspecified atom stereocenters. The highest BCUT2D eigenvalue weighted by Crippen LogP contribution is 2.32. The normalized spacial score (nSPS) is 14.4. The highest BCUT2D eigenvalue weighted by molar-refractivity contribution is 5.94. The van der Waals surface area contributed by atoms with Crippen molar-refractivity contribution in [3.05, 3.63) is 48.0 Å². The Morgan fingerprint density at radius 3 is 2.71 bits per heavy atom. The van der Waals surface area contributed by atoms with Crippen LogP contribution in [-0.2, 0) is 4.79 Å². The fourth-order valence-corrected chi connectivity index (χ4v) is 2.43. The van der Waals surface area contributed by atoms with E-state index in [1.54, 1.807) is 19.1 Å². The van der Waals surface area contributed by atoms with E-state index in [-0.39, 0.29) is 5.91 Å². The number of hydrogen-bond acceptors (Lipinski definition) is 4. The summed E-state index contributed by atoms with van der Waals surface area (Å²) in [4.78, 5) is 12.3. The molecule has 0 saturated heterocycles. The van der Waals surface area contributed by atoms with Crippen LogP contribution in [0.5, 0.6) is 17.2 Å². The number of anilines is 1. The fourth-order valence-electron chi connectivity index (χ4n) is 2.43. The molecule has 24 heavy (non-hydrogen) atoms. The first-order valence-corrected chi connectivity index (χ1v) is 8.05. The van der Waals surface area contributed by atoms with Crippen LogP contribution < -0.4 is 19.5 Å². The van der Waals surface area contributed by atoms with Gasteiger partial charge in [-0.2, -0.15) is 0 Å². The van der Waals surface area contributed by atoms with Crippen LogP contribution in [0.2, 0.25) is 0 Å². The predicted molar refractivity (Wildman–Crippen MR) is 91.9 cm³/mol. The minimum atomic E-state index is -0.609. The number of nitrogens with one attached hydrogen (secondary N) is 1. The lowest BCUT2D eigenvalue weighted by Gasteiger charge is -2.16. The van der Waals surface area contributed by atoms with Gasteiger partial charge in [-0.25, -0.2) is 0 Å². The van der Waals surface area contributed by atoms with Crippen LogP contribution in [0.25, 0.3) is 0 Å². The van der Waals surface area contributed by atoms with Gasteiger partial charge >= 0.3 is 0 Å². The number of benzene rings is 2. The van der Waals surface area contributed by atoms with E-state index in [2.05, 4.69) is 5.32 Å². The van der Waals surface area contributed by atoms with Crippen molar-refractivity contribution in [2.24, 2.45) is 0 Å². The van der Waals surface area contributed by atoms with Crippen molar-refractivity contribution in [3.8, 4) is 17.2 Å². The molecule has 1 aliphatic rings. The van der Waals surface area contributed by atoms with E-state index in [0.29, 0.717) is 36.1 Å². The molecule has 1 N–H and O–H groups in total. The smallest absolute Gasteiger partial charge is 0.265 e. The van der Waals surface area contributed by atoms with Gasteiger partial charge in [-0.3, -0.25) is 4.79 Å². The number of ether oxygens (including phenoxy) is 3. The van der Waals surface area contributed by atoms with Crippen molar-refractivity contribution in [3.63, 3.8) is 0 Å². The van der Waals surface area contributed by atoms with Crippen molar-refractivity contribution in [2.45, 2.75) is 26.4 Å². The molecule has 3 rings (SSSR count). The second kappa shape index (κ2) is 7.25. The van der Waals surface area contributed by atoms with Crippen LogP contribution >= 0.6 is 0 Å². The quantitative estimate of drug-likeness (QED) is 0.933. The first kappa shape index (κ1) is 16.2. The zero-order chi connectivity index (χ0) is 16.9. The Hall–Kier alpha value is -2.69. The van der Waals surface area contributed by atoms with Crippen LogP contribution in [0.1, 0.15) is 18.9 Å². The van der Waals surface area contributed by atoms with E-state index in [4.69, 9.17) is 14.2 Å². The lowest BCUT2D eigenvalue weighted by molar-refractivity contribution is -0.122. The average molecular weight is 327 g/mol. The minimum Gasteiger partial charge on any atom is -0.490 e. The maximum absolute atomic E-state index is 12.3. The molecule has 1 aliphatic heterocycles. The monoisotopic (exact) mass is 327 g/mol. The molecule has 0 aromatic heterocycles. The number of rotatable bonds is 4. The van der Waals surface area contributed by atoms with E-state index < -0.39 is 6.10 Å². The van der Waals surface area contributed by atoms with Crippen molar-refractivity contribution in [1.29, 1.82) is 0 Å². The summed E-state index contributed by atoms with van der Waals surface area (Å²) in [7, 11) is 0. The van der Waals surface area contributed by atoms with Gasteiger partial charge in [-0.05, 0) is 43.7 Å². The maximum Gasteiger partial charge on any atom is 0.265 e. The van der Waals surface area contributed by atoms with E-state index in [0.717, 1.165) is 12.0 Å². The summed E-state index contributed by atoms with van der Waals surface area (Å²) < 4.78 is 16.9. The Bertz CT molecular complexity index is 729. The lowest BCUT2D eigenvalue weighted by Crippen LogP contribution is -2.30. The standard InChI is InChI=1S/C19H21NO4/c1-13-5-3-6-16(11-13)24-14(2)19(21)20-15-7-8-17-18(12-15)23-10-4-9-22-17/h3,5-8,11-12,14H,4,9-10H2,1-2H3,(H,20,21)/t14-/m0/s1. The van der Waals surface area contributed by atoms with E-state index in [9.17, 15) is 4.79 Å². The van der Waals surface area contributed by atoms with Crippen molar-refractivity contribution < 1.29 is 19.0 Å². The Kier molecular flexibility index (Phi) is 4.89. The molecule has 1 heterocycles. The number of hydrogen-bond donors (Lipinski definition) is 1. The summed E-state index contributed by atoms with van der Waals surface area (Å²) in [5.74, 6) is 1.81. The van der Waals surface area contributed by atoms with Gasteiger partial charge in [-0.1, -0.05) is 12.1 Å². The fraction of sp³-hybridized carbons (Fsp3) is 0.316. The highest BCUT2D eigenvalue weighted by atomic mass is 16.5. The SMILES string of the molecule is Cc1cccc(O[C@@H](C)C(=O)Nc2ccc3c(c2)OCCCO3)c1. The summed E-state index contributed by atoms with van der Waals surface area (Å²) >= 11 is 0. The zero-order valence-corrected chi connectivity index (χ0v) is 13.9. The summed E-state index contributed by atoms with van der Waals surface area (Å²) in [6, 6.07) is 13.0. The van der Waals surface area contributed by atoms with Gasteiger partial charge in [0.05, 0.1) is 13.2 Å². The van der Waals surface area contributed by atoms with Crippen molar-refractivity contribution >= 4 is 11.6 Å². The molecule has 126 valence electrons. The average Bonchev–Trinajstić information content (AvgIpc) is 2.79. The van der Waals surface area contributed by atoms with E-state index >= 15 is 0 Å². The number of carbonyl (C=O) groups is 1. The number of carbonyl (C=O) groups excluding carboxylic acids is 1. The van der Waals surface area contributed by atoms with E-state index in [1.165, 1.54) is 0 Å². The second-order valence-corrected chi connectivity index (χ2v) is 5.78. The number of aryl methyl sites for hydroxylation is 1. The maximum atomic E-state index is 12.3. The predicted octanol–water partition coefficient (Wildman–Crippen LogP) is 3.56. The number of fused-ring (bicyclic) bond motifs is 1. The molecule has 0 radical (unpaired) electrons. The lowest BCUT2D eigenvalue weighted by atomic mass is 10.2. The molecule has 0 spiro atoms. The molecule has 1 atom stereocenters. The van der Waals surface area contributed by atoms with Crippen molar-refractivity contribution in [2.75, 3.05) is 18.5 Å².